The van der Waals surface area contributed by atoms with E-state index < -0.39 is 17.6 Å². The first kappa shape index (κ1) is 25.9. The molecule has 1 amide bonds. The number of halogens is 4. The van der Waals surface area contributed by atoms with E-state index in [0.29, 0.717) is 32.6 Å². The fourth-order valence-electron chi connectivity index (χ4n) is 4.51. The number of hydrogen-bond acceptors (Lipinski definition) is 6. The molecule has 1 aliphatic rings. The first-order chi connectivity index (χ1) is 18.3. The smallest absolute Gasteiger partial charge is 0.352 e. The number of piperazine rings is 1. The number of pyridine rings is 1. The summed E-state index contributed by atoms with van der Waals surface area (Å²) in [5, 5.41) is 13.7. The van der Waals surface area contributed by atoms with Gasteiger partial charge in [-0.15, -0.1) is 5.10 Å². The number of nitrogens with one attached hydrogen (secondary N) is 1. The van der Waals surface area contributed by atoms with Gasteiger partial charge in [0.25, 0.3) is 0 Å². The van der Waals surface area contributed by atoms with Crippen LogP contribution in [0.25, 0.3) is 10.8 Å². The molecule has 1 saturated heterocycles. The van der Waals surface area contributed by atoms with Crippen molar-refractivity contribution in [3.63, 3.8) is 0 Å². The zero-order valence-corrected chi connectivity index (χ0v) is 21.0. The van der Waals surface area contributed by atoms with Crippen LogP contribution in [-0.2, 0) is 17.4 Å². The van der Waals surface area contributed by atoms with E-state index in [9.17, 15) is 18.0 Å². The minimum atomic E-state index is -4.52. The van der Waals surface area contributed by atoms with Crippen LogP contribution in [0.2, 0.25) is 5.02 Å². The number of carbonyl (C=O) groups is 1. The molecule has 0 atom stereocenters. The Kier molecular flexibility index (Phi) is 7.44. The second-order valence-corrected chi connectivity index (χ2v) is 9.46. The lowest BCUT2D eigenvalue weighted by Crippen LogP contribution is -2.49. The SMILES string of the molecule is O=C(CN1CCN(c2nnc(Cc3ccncc3)c3ccccc23)CC1)Nc1cc(C(F)(F)F)ccc1Cl. The van der Waals surface area contributed by atoms with Crippen LogP contribution in [-0.4, -0.2) is 58.7 Å². The maximum absolute atomic E-state index is 13.0. The molecule has 1 aliphatic heterocycles. The predicted octanol–water partition coefficient (Wildman–Crippen LogP) is 5.05. The van der Waals surface area contributed by atoms with Gasteiger partial charge >= 0.3 is 6.18 Å². The maximum atomic E-state index is 13.0. The summed E-state index contributed by atoms with van der Waals surface area (Å²) in [5.74, 6) is 0.365. The van der Waals surface area contributed by atoms with Gasteiger partial charge in [-0.3, -0.25) is 14.7 Å². The van der Waals surface area contributed by atoms with Crippen molar-refractivity contribution in [1.82, 2.24) is 20.1 Å². The largest absolute Gasteiger partial charge is 0.416 e. The monoisotopic (exact) mass is 540 g/mol. The number of amides is 1. The van der Waals surface area contributed by atoms with Gasteiger partial charge in [0.1, 0.15) is 0 Å². The number of nitrogens with zero attached hydrogens (tertiary/aromatic N) is 5. The standard InChI is InChI=1S/C27H24ClF3N6O/c28-22-6-5-19(27(29,30)31)16-24(22)33-25(38)17-36-11-13-37(14-12-36)26-21-4-2-1-3-20(21)23(34-35-26)15-18-7-9-32-10-8-18/h1-10,16H,11-15,17H2,(H,33,38). The number of rotatable bonds is 6. The molecule has 11 heteroatoms. The van der Waals surface area contributed by atoms with Crippen molar-refractivity contribution in [1.29, 1.82) is 0 Å². The molecular formula is C27H24ClF3N6O. The average molecular weight is 541 g/mol. The number of alkyl halides is 3. The lowest BCUT2D eigenvalue weighted by molar-refractivity contribution is -0.137. The second kappa shape index (κ2) is 10.9. The van der Waals surface area contributed by atoms with Gasteiger partial charge in [-0.05, 0) is 35.9 Å². The maximum Gasteiger partial charge on any atom is 0.416 e. The highest BCUT2D eigenvalue weighted by atomic mass is 35.5. The summed E-state index contributed by atoms with van der Waals surface area (Å²) < 4.78 is 39.1. The summed E-state index contributed by atoms with van der Waals surface area (Å²) in [7, 11) is 0. The molecule has 38 heavy (non-hydrogen) atoms. The van der Waals surface area contributed by atoms with Crippen LogP contribution >= 0.6 is 11.6 Å². The Morgan fingerprint density at radius 2 is 1.66 bits per heavy atom. The molecule has 7 nitrogen and oxygen atoms in total. The molecule has 4 aromatic rings. The summed E-state index contributed by atoms with van der Waals surface area (Å²) in [6.45, 7) is 2.45. The lowest BCUT2D eigenvalue weighted by atomic mass is 10.0. The van der Waals surface area contributed by atoms with Gasteiger partial charge in [0, 0.05) is 55.8 Å². The Labute approximate surface area is 222 Å². The number of anilines is 2. The van der Waals surface area contributed by atoms with Gasteiger partial charge in [0.15, 0.2) is 5.82 Å². The molecular weight excluding hydrogens is 517 g/mol. The molecule has 0 spiro atoms. The number of hydrogen-bond donors (Lipinski definition) is 1. The van der Waals surface area contributed by atoms with Crippen LogP contribution in [0.3, 0.4) is 0 Å². The van der Waals surface area contributed by atoms with Gasteiger partial charge in [0.2, 0.25) is 5.91 Å². The van der Waals surface area contributed by atoms with E-state index in [0.717, 1.165) is 46.0 Å². The van der Waals surface area contributed by atoms with E-state index in [1.807, 2.05) is 41.3 Å². The number of benzene rings is 2. The molecule has 2 aromatic heterocycles. The predicted molar refractivity (Wildman–Crippen MR) is 140 cm³/mol. The van der Waals surface area contributed by atoms with Crippen molar-refractivity contribution in [2.75, 3.05) is 42.9 Å². The summed E-state index contributed by atoms with van der Waals surface area (Å²) in [6.07, 6.45) is -0.361. The second-order valence-electron chi connectivity index (χ2n) is 9.05. The average Bonchev–Trinajstić information content (AvgIpc) is 2.91. The summed E-state index contributed by atoms with van der Waals surface area (Å²) >= 11 is 6.01. The van der Waals surface area contributed by atoms with Crippen molar-refractivity contribution in [3.05, 3.63) is 88.8 Å². The summed E-state index contributed by atoms with van der Waals surface area (Å²) in [6, 6.07) is 14.8. The molecule has 0 unspecified atom stereocenters. The van der Waals surface area contributed by atoms with Crippen molar-refractivity contribution in [2.45, 2.75) is 12.6 Å². The molecule has 0 bridgehead atoms. The first-order valence-electron chi connectivity index (χ1n) is 12.0. The molecule has 2 aromatic carbocycles. The van der Waals surface area contributed by atoms with Gasteiger partial charge in [0.05, 0.1) is 28.5 Å². The van der Waals surface area contributed by atoms with E-state index in [4.69, 9.17) is 11.6 Å². The number of fused-ring (bicyclic) bond motifs is 1. The minimum absolute atomic E-state index is 0.0394. The highest BCUT2D eigenvalue weighted by molar-refractivity contribution is 6.33. The third-order valence-electron chi connectivity index (χ3n) is 6.47. The quantitative estimate of drug-likeness (QED) is 0.369. The molecule has 196 valence electrons. The molecule has 0 saturated carbocycles. The highest BCUT2D eigenvalue weighted by Crippen LogP contribution is 2.34. The number of aromatic nitrogens is 3. The van der Waals surface area contributed by atoms with Crippen LogP contribution in [0.5, 0.6) is 0 Å². The van der Waals surface area contributed by atoms with Crippen molar-refractivity contribution in [2.24, 2.45) is 0 Å². The Bertz CT molecular complexity index is 1440. The van der Waals surface area contributed by atoms with Crippen molar-refractivity contribution >= 4 is 39.8 Å². The fourth-order valence-corrected chi connectivity index (χ4v) is 4.68. The van der Waals surface area contributed by atoms with E-state index in [2.05, 4.69) is 25.4 Å². The summed E-state index contributed by atoms with van der Waals surface area (Å²) in [4.78, 5) is 20.7. The zero-order chi connectivity index (χ0) is 26.7. The van der Waals surface area contributed by atoms with Gasteiger partial charge < -0.3 is 10.2 Å². The molecule has 0 radical (unpaired) electrons. The van der Waals surface area contributed by atoms with Crippen LogP contribution in [0, 0.1) is 0 Å². The molecule has 1 fully saturated rings. The first-order valence-corrected chi connectivity index (χ1v) is 12.4. The van der Waals surface area contributed by atoms with Crippen LogP contribution in [0.15, 0.2) is 67.0 Å². The topological polar surface area (TPSA) is 74.2 Å². The van der Waals surface area contributed by atoms with Crippen molar-refractivity contribution in [3.8, 4) is 0 Å². The molecule has 1 N–H and O–H groups in total. The molecule has 3 heterocycles. The zero-order valence-electron chi connectivity index (χ0n) is 20.2. The summed E-state index contributed by atoms with van der Waals surface area (Å²) in [5.41, 5.74) is 1.06. The van der Waals surface area contributed by atoms with Gasteiger partial charge in [-0.25, -0.2) is 0 Å². The normalized spacial score (nSPS) is 14.6. The Morgan fingerprint density at radius 3 is 2.37 bits per heavy atom. The van der Waals surface area contributed by atoms with E-state index in [1.54, 1.807) is 12.4 Å². The van der Waals surface area contributed by atoms with Gasteiger partial charge in [-0.1, -0.05) is 35.9 Å². The minimum Gasteiger partial charge on any atom is -0.352 e. The Morgan fingerprint density at radius 1 is 0.947 bits per heavy atom. The molecule has 0 aliphatic carbocycles. The molecule has 5 rings (SSSR count). The lowest BCUT2D eigenvalue weighted by Gasteiger charge is -2.35. The van der Waals surface area contributed by atoms with Crippen molar-refractivity contribution < 1.29 is 18.0 Å². The third-order valence-corrected chi connectivity index (χ3v) is 6.80. The Balaban J connectivity index is 1.23. The number of carbonyl (C=O) groups excluding carboxylic acids is 1. The fraction of sp³-hybridized carbons (Fsp3) is 0.259. The third kappa shape index (κ3) is 5.87. The van der Waals surface area contributed by atoms with Crippen LogP contribution in [0.4, 0.5) is 24.7 Å². The van der Waals surface area contributed by atoms with Gasteiger partial charge in [-0.2, -0.15) is 18.3 Å². The van der Waals surface area contributed by atoms with Crippen LogP contribution < -0.4 is 10.2 Å². The van der Waals surface area contributed by atoms with E-state index in [-0.39, 0.29) is 17.3 Å². The van der Waals surface area contributed by atoms with Crippen LogP contribution in [0.1, 0.15) is 16.8 Å². The highest BCUT2D eigenvalue weighted by Gasteiger charge is 2.31. The Hall–Kier alpha value is -3.76. The van der Waals surface area contributed by atoms with E-state index >= 15 is 0 Å². The van der Waals surface area contributed by atoms with E-state index in [1.165, 1.54) is 0 Å².